The predicted octanol–water partition coefficient (Wildman–Crippen LogP) is 6.70. The summed E-state index contributed by atoms with van der Waals surface area (Å²) in [4.78, 5) is 18.6. The van der Waals surface area contributed by atoms with Gasteiger partial charge in [0.2, 0.25) is 11.9 Å². The average molecular weight is 496 g/mol. The molecule has 1 unspecified atom stereocenters. The van der Waals surface area contributed by atoms with Gasteiger partial charge in [-0.15, -0.1) is 0 Å². The molecule has 196 valence electrons. The van der Waals surface area contributed by atoms with E-state index in [1.165, 1.54) is 57.8 Å². The molecule has 0 bridgehead atoms. The van der Waals surface area contributed by atoms with E-state index in [2.05, 4.69) is 17.4 Å². The molecule has 36 heavy (non-hydrogen) atoms. The Bertz CT molecular complexity index is 955. The zero-order valence-corrected chi connectivity index (χ0v) is 21.6. The van der Waals surface area contributed by atoms with E-state index in [1.54, 1.807) is 4.90 Å². The SMILES string of the molecule is CCCCCCCCC1CCC(c2noc(C3CCN3C(=N)NC(=O)OCc3ccccc3)n2)CC1. The summed E-state index contributed by atoms with van der Waals surface area (Å²) in [5.41, 5.74) is 0.899. The highest BCUT2D eigenvalue weighted by Gasteiger charge is 2.37. The number of amides is 1. The van der Waals surface area contributed by atoms with Crippen LogP contribution in [0.4, 0.5) is 4.79 Å². The molecule has 1 aromatic carbocycles. The van der Waals surface area contributed by atoms with Crippen molar-refractivity contribution in [2.45, 2.75) is 103 Å². The van der Waals surface area contributed by atoms with Gasteiger partial charge >= 0.3 is 6.09 Å². The zero-order chi connectivity index (χ0) is 25.2. The Morgan fingerprint density at radius 2 is 1.83 bits per heavy atom. The average Bonchev–Trinajstić information content (AvgIpc) is 3.34. The number of unbranched alkanes of at least 4 members (excludes halogenated alkanes) is 5. The van der Waals surface area contributed by atoms with Gasteiger partial charge < -0.3 is 14.2 Å². The molecule has 8 heteroatoms. The van der Waals surface area contributed by atoms with E-state index in [4.69, 9.17) is 19.7 Å². The number of nitrogens with zero attached hydrogens (tertiary/aromatic N) is 3. The number of alkyl carbamates (subject to hydrolysis) is 1. The summed E-state index contributed by atoms with van der Waals surface area (Å²) < 4.78 is 10.8. The quantitative estimate of drug-likeness (QED) is 0.204. The lowest BCUT2D eigenvalue weighted by Gasteiger charge is -2.39. The fraction of sp³-hybridized carbons (Fsp3) is 0.643. The lowest BCUT2D eigenvalue weighted by molar-refractivity contribution is 0.125. The number of benzene rings is 1. The first kappa shape index (κ1) is 26.2. The summed E-state index contributed by atoms with van der Waals surface area (Å²) in [6, 6.07) is 9.30. The molecular weight excluding hydrogens is 454 g/mol. The third kappa shape index (κ3) is 7.31. The smallest absolute Gasteiger partial charge is 0.414 e. The molecule has 1 aliphatic carbocycles. The van der Waals surface area contributed by atoms with Crippen LogP contribution in [0.5, 0.6) is 0 Å². The van der Waals surface area contributed by atoms with Crippen molar-refractivity contribution in [1.29, 1.82) is 5.41 Å². The molecule has 2 aliphatic rings. The van der Waals surface area contributed by atoms with Crippen LogP contribution >= 0.6 is 0 Å². The van der Waals surface area contributed by atoms with Crippen molar-refractivity contribution < 1.29 is 14.1 Å². The predicted molar refractivity (Wildman–Crippen MR) is 139 cm³/mol. The minimum Gasteiger partial charge on any atom is -0.444 e. The zero-order valence-electron chi connectivity index (χ0n) is 21.6. The number of likely N-dealkylation sites (tertiary alicyclic amines) is 1. The normalized spacial score (nSPS) is 21.6. The third-order valence-corrected chi connectivity index (χ3v) is 7.66. The molecule has 1 saturated carbocycles. The number of hydrogen-bond donors (Lipinski definition) is 2. The van der Waals surface area contributed by atoms with Gasteiger partial charge in [0.05, 0.1) is 0 Å². The first-order valence-electron chi connectivity index (χ1n) is 13.8. The van der Waals surface area contributed by atoms with Gasteiger partial charge in [-0.05, 0) is 43.6 Å². The second kappa shape index (κ2) is 13.4. The molecule has 8 nitrogen and oxygen atoms in total. The van der Waals surface area contributed by atoms with Gasteiger partial charge in [0.1, 0.15) is 12.6 Å². The fourth-order valence-corrected chi connectivity index (χ4v) is 5.31. The highest BCUT2D eigenvalue weighted by atomic mass is 16.5. The van der Waals surface area contributed by atoms with Crippen LogP contribution in [0, 0.1) is 11.3 Å². The van der Waals surface area contributed by atoms with Crippen molar-refractivity contribution in [2.24, 2.45) is 5.92 Å². The third-order valence-electron chi connectivity index (χ3n) is 7.66. The Balaban J connectivity index is 1.17. The Morgan fingerprint density at radius 1 is 1.08 bits per heavy atom. The standard InChI is InChI=1S/C28H41N5O3/c1-2-3-4-5-6-8-11-21-14-16-23(17-15-21)25-30-26(36-32-25)24-18-19-33(24)27(29)31-28(34)35-20-22-12-9-7-10-13-22/h7,9-10,12-13,21,23-24H,2-6,8,11,14-20H2,1H3,(H2,29,31,34). The van der Waals surface area contributed by atoms with Crippen molar-refractivity contribution in [2.75, 3.05) is 6.54 Å². The van der Waals surface area contributed by atoms with Crippen molar-refractivity contribution in [3.05, 3.63) is 47.6 Å². The van der Waals surface area contributed by atoms with Gasteiger partial charge in [0, 0.05) is 12.5 Å². The number of aromatic nitrogens is 2. The lowest BCUT2D eigenvalue weighted by atomic mass is 9.79. The van der Waals surface area contributed by atoms with Crippen molar-refractivity contribution >= 4 is 12.1 Å². The monoisotopic (exact) mass is 495 g/mol. The van der Waals surface area contributed by atoms with E-state index >= 15 is 0 Å². The maximum Gasteiger partial charge on any atom is 0.414 e. The van der Waals surface area contributed by atoms with E-state index in [1.807, 2.05) is 30.3 Å². The van der Waals surface area contributed by atoms with Crippen LogP contribution in [-0.4, -0.2) is 33.6 Å². The summed E-state index contributed by atoms with van der Waals surface area (Å²) >= 11 is 0. The summed E-state index contributed by atoms with van der Waals surface area (Å²) in [5, 5.41) is 15.1. The molecule has 2 N–H and O–H groups in total. The topological polar surface area (TPSA) is 104 Å². The van der Waals surface area contributed by atoms with Crippen molar-refractivity contribution in [3.8, 4) is 0 Å². The summed E-state index contributed by atoms with van der Waals surface area (Å²) in [6.45, 7) is 3.09. The van der Waals surface area contributed by atoms with Crippen LogP contribution in [0.3, 0.4) is 0 Å². The Hall–Kier alpha value is -2.90. The highest BCUT2D eigenvalue weighted by molar-refractivity contribution is 5.92. The first-order valence-corrected chi connectivity index (χ1v) is 13.8. The van der Waals surface area contributed by atoms with Crippen LogP contribution < -0.4 is 5.32 Å². The molecule has 4 rings (SSSR count). The number of carbonyl (C=O) groups is 1. The summed E-state index contributed by atoms with van der Waals surface area (Å²) in [5.74, 6) is 2.54. The number of nitrogens with one attached hydrogen (secondary N) is 2. The number of guanidine groups is 1. The lowest BCUT2D eigenvalue weighted by Crippen LogP contribution is -2.52. The molecule has 1 aromatic heterocycles. The molecule has 0 spiro atoms. The molecule has 0 radical (unpaired) electrons. The maximum atomic E-state index is 12.1. The molecule has 2 aromatic rings. The molecule has 1 amide bonds. The molecule has 1 atom stereocenters. The number of rotatable bonds is 11. The van der Waals surface area contributed by atoms with E-state index < -0.39 is 6.09 Å². The number of carbonyl (C=O) groups excluding carboxylic acids is 1. The molecule has 2 heterocycles. The van der Waals surface area contributed by atoms with Crippen LogP contribution in [-0.2, 0) is 11.3 Å². The van der Waals surface area contributed by atoms with Gasteiger partial charge in [-0.2, -0.15) is 4.98 Å². The second-order valence-electron chi connectivity index (χ2n) is 10.3. The van der Waals surface area contributed by atoms with Crippen LogP contribution in [0.15, 0.2) is 34.9 Å². The second-order valence-corrected chi connectivity index (χ2v) is 10.3. The molecular formula is C28H41N5O3. The van der Waals surface area contributed by atoms with Crippen LogP contribution in [0.2, 0.25) is 0 Å². The summed E-state index contributed by atoms with van der Waals surface area (Å²) in [7, 11) is 0. The summed E-state index contributed by atoms with van der Waals surface area (Å²) in [6.07, 6.45) is 14.5. The van der Waals surface area contributed by atoms with Gasteiger partial charge in [-0.3, -0.25) is 10.7 Å². The van der Waals surface area contributed by atoms with E-state index in [-0.39, 0.29) is 18.6 Å². The minimum atomic E-state index is -0.640. The van der Waals surface area contributed by atoms with Crippen LogP contribution in [0.25, 0.3) is 0 Å². The van der Waals surface area contributed by atoms with E-state index in [0.29, 0.717) is 18.4 Å². The van der Waals surface area contributed by atoms with E-state index in [9.17, 15) is 4.79 Å². The minimum absolute atomic E-state index is 0.000682. The molecule has 1 aliphatic heterocycles. The van der Waals surface area contributed by atoms with Gasteiger partial charge in [-0.1, -0.05) is 87.4 Å². The van der Waals surface area contributed by atoms with Gasteiger partial charge in [0.15, 0.2) is 5.82 Å². The number of hydrogen-bond acceptors (Lipinski definition) is 6. The Kier molecular flexibility index (Phi) is 9.76. The molecule has 2 fully saturated rings. The van der Waals surface area contributed by atoms with E-state index in [0.717, 1.165) is 36.6 Å². The van der Waals surface area contributed by atoms with Gasteiger partial charge in [-0.25, -0.2) is 4.79 Å². The van der Waals surface area contributed by atoms with Crippen LogP contribution in [0.1, 0.15) is 113 Å². The maximum absolute atomic E-state index is 12.1. The molecule has 1 saturated heterocycles. The number of ether oxygens (including phenoxy) is 1. The Morgan fingerprint density at radius 3 is 2.56 bits per heavy atom. The Labute approximate surface area is 214 Å². The highest BCUT2D eigenvalue weighted by Crippen LogP contribution is 2.38. The van der Waals surface area contributed by atoms with Gasteiger partial charge in [0.25, 0.3) is 0 Å². The van der Waals surface area contributed by atoms with Crippen molar-refractivity contribution in [1.82, 2.24) is 20.4 Å². The first-order chi connectivity index (χ1) is 17.6. The fourth-order valence-electron chi connectivity index (χ4n) is 5.31. The largest absolute Gasteiger partial charge is 0.444 e. The van der Waals surface area contributed by atoms with Crippen molar-refractivity contribution in [3.63, 3.8) is 0 Å².